The summed E-state index contributed by atoms with van der Waals surface area (Å²) in [6.07, 6.45) is 0. The molecule has 0 aromatic heterocycles. The summed E-state index contributed by atoms with van der Waals surface area (Å²) in [7, 11) is 1.37. The third-order valence-electron chi connectivity index (χ3n) is 1.40. The minimum absolute atomic E-state index is 0.0195. The maximum atomic E-state index is 11.0. The van der Waals surface area contributed by atoms with E-state index < -0.39 is 0 Å². The van der Waals surface area contributed by atoms with Crippen LogP contribution in [-0.4, -0.2) is 28.0 Å². The van der Waals surface area contributed by atoms with Gasteiger partial charge in [0, 0.05) is 0 Å². The molecular weight excluding hydrogens is 231 g/mol. The summed E-state index contributed by atoms with van der Waals surface area (Å²) in [4.78, 5) is 11.0. The average molecular weight is 241 g/mol. The van der Waals surface area contributed by atoms with Crippen molar-refractivity contribution in [2.24, 2.45) is 0 Å². The molecule has 0 atom stereocenters. The average Bonchev–Trinajstić information content (AvgIpc) is 2.18. The van der Waals surface area contributed by atoms with Gasteiger partial charge in [0.1, 0.15) is 0 Å². The van der Waals surface area contributed by atoms with Crippen LogP contribution >= 0.6 is 0 Å². The first-order valence-electron chi connectivity index (χ1n) is 3.74. The zero-order chi connectivity index (χ0) is 9.68. The first kappa shape index (κ1) is 10.0. The van der Waals surface area contributed by atoms with E-state index >= 15 is 0 Å². The molecule has 0 aliphatic rings. The van der Waals surface area contributed by atoms with Crippen molar-refractivity contribution < 1.29 is 9.53 Å². The van der Waals surface area contributed by atoms with Gasteiger partial charge in [-0.2, -0.15) is 0 Å². The van der Waals surface area contributed by atoms with Crippen molar-refractivity contribution in [1.29, 1.82) is 0 Å². The monoisotopic (exact) mass is 242 g/mol. The van der Waals surface area contributed by atoms with Crippen LogP contribution in [-0.2, 0) is 9.53 Å². The molecule has 0 amide bonds. The Bertz CT molecular complexity index is 306. The number of carbonyl (C=O) groups excluding carboxylic acids is 1. The van der Waals surface area contributed by atoms with E-state index in [0.29, 0.717) is 4.47 Å². The molecule has 3 heteroatoms. The van der Waals surface area contributed by atoms with E-state index in [-0.39, 0.29) is 20.9 Å². The standard InChI is InChI=1S/C10H10O2Se/c1-8(10(11)12-2)13-9-6-4-3-5-7-9/h3-7H,1H2,2H3. The number of hydrogen-bond donors (Lipinski definition) is 0. The van der Waals surface area contributed by atoms with Crippen LogP contribution in [0.15, 0.2) is 41.4 Å². The number of rotatable bonds is 3. The van der Waals surface area contributed by atoms with Crippen molar-refractivity contribution in [3.05, 3.63) is 41.4 Å². The molecule has 0 bridgehead atoms. The van der Waals surface area contributed by atoms with Gasteiger partial charge < -0.3 is 0 Å². The summed E-state index contributed by atoms with van der Waals surface area (Å²) in [6.45, 7) is 3.67. The fraction of sp³-hybridized carbons (Fsp3) is 0.100. The van der Waals surface area contributed by atoms with E-state index in [9.17, 15) is 4.79 Å². The van der Waals surface area contributed by atoms with Gasteiger partial charge in [-0.15, -0.1) is 0 Å². The minimum atomic E-state index is -0.316. The fourth-order valence-corrected chi connectivity index (χ4v) is 2.35. The van der Waals surface area contributed by atoms with Crippen LogP contribution in [0.5, 0.6) is 0 Å². The van der Waals surface area contributed by atoms with Gasteiger partial charge in [-0.05, 0) is 0 Å². The van der Waals surface area contributed by atoms with Crippen molar-refractivity contribution >= 4 is 25.4 Å². The summed E-state index contributed by atoms with van der Waals surface area (Å²) >= 11 is -0.0195. The van der Waals surface area contributed by atoms with Crippen LogP contribution in [0, 0.1) is 0 Å². The Balaban J connectivity index is 2.60. The van der Waals surface area contributed by atoms with Crippen molar-refractivity contribution in [1.82, 2.24) is 0 Å². The Morgan fingerprint density at radius 3 is 2.54 bits per heavy atom. The van der Waals surface area contributed by atoms with Gasteiger partial charge in [-0.3, -0.25) is 0 Å². The molecule has 13 heavy (non-hydrogen) atoms. The Morgan fingerprint density at radius 1 is 1.38 bits per heavy atom. The third-order valence-corrected chi connectivity index (χ3v) is 3.33. The molecule has 0 N–H and O–H groups in total. The van der Waals surface area contributed by atoms with Crippen LogP contribution in [0.4, 0.5) is 0 Å². The van der Waals surface area contributed by atoms with E-state index in [1.165, 1.54) is 7.11 Å². The maximum absolute atomic E-state index is 11.0. The molecule has 0 radical (unpaired) electrons. The normalized spacial score (nSPS) is 9.31. The molecule has 0 heterocycles. The fourth-order valence-electron chi connectivity index (χ4n) is 0.786. The molecule has 1 aromatic carbocycles. The van der Waals surface area contributed by atoms with Gasteiger partial charge in [0.05, 0.1) is 0 Å². The molecule has 0 unspecified atom stereocenters. The second-order valence-electron chi connectivity index (χ2n) is 2.33. The summed E-state index contributed by atoms with van der Waals surface area (Å²) in [6, 6.07) is 9.80. The van der Waals surface area contributed by atoms with Crippen molar-refractivity contribution in [2.75, 3.05) is 7.11 Å². The third kappa shape index (κ3) is 3.05. The number of hydrogen-bond acceptors (Lipinski definition) is 2. The molecule has 2 nitrogen and oxygen atoms in total. The Kier molecular flexibility index (Phi) is 3.74. The summed E-state index contributed by atoms with van der Waals surface area (Å²) in [5, 5.41) is 0. The molecule has 0 spiro atoms. The molecule has 68 valence electrons. The van der Waals surface area contributed by atoms with Crippen LogP contribution in [0.25, 0.3) is 0 Å². The van der Waals surface area contributed by atoms with Gasteiger partial charge in [-0.1, -0.05) is 0 Å². The van der Waals surface area contributed by atoms with E-state index in [2.05, 4.69) is 11.3 Å². The van der Waals surface area contributed by atoms with Crippen LogP contribution < -0.4 is 4.46 Å². The van der Waals surface area contributed by atoms with E-state index in [1.54, 1.807) is 0 Å². The zero-order valence-electron chi connectivity index (χ0n) is 7.32. The molecule has 0 aliphatic carbocycles. The summed E-state index contributed by atoms with van der Waals surface area (Å²) < 4.78 is 6.23. The molecule has 0 saturated heterocycles. The number of esters is 1. The Labute approximate surface area is 83.8 Å². The van der Waals surface area contributed by atoms with Gasteiger partial charge >= 0.3 is 83.4 Å². The molecule has 0 saturated carbocycles. The first-order chi connectivity index (χ1) is 6.24. The number of carbonyl (C=O) groups is 1. The SMILES string of the molecule is C=C([Se]c1ccccc1)C(=O)OC. The predicted octanol–water partition coefficient (Wildman–Crippen LogP) is 0.703. The van der Waals surface area contributed by atoms with Crippen LogP contribution in [0.2, 0.25) is 0 Å². The van der Waals surface area contributed by atoms with Crippen molar-refractivity contribution in [2.45, 2.75) is 0 Å². The molecular formula is C10H10O2Se. The second kappa shape index (κ2) is 4.85. The van der Waals surface area contributed by atoms with Gasteiger partial charge in [-0.25, -0.2) is 0 Å². The quantitative estimate of drug-likeness (QED) is 0.442. The second-order valence-corrected chi connectivity index (χ2v) is 4.78. The molecule has 0 fully saturated rings. The number of benzene rings is 1. The Morgan fingerprint density at radius 2 is 2.00 bits per heavy atom. The van der Waals surface area contributed by atoms with E-state index in [1.807, 2.05) is 30.3 Å². The van der Waals surface area contributed by atoms with Crippen LogP contribution in [0.1, 0.15) is 0 Å². The van der Waals surface area contributed by atoms with Gasteiger partial charge in [0.25, 0.3) is 0 Å². The van der Waals surface area contributed by atoms with Crippen molar-refractivity contribution in [3.8, 4) is 0 Å². The van der Waals surface area contributed by atoms with Crippen LogP contribution in [0.3, 0.4) is 0 Å². The molecule has 1 rings (SSSR count). The summed E-state index contributed by atoms with van der Waals surface area (Å²) in [5.41, 5.74) is 0. The predicted molar refractivity (Wildman–Crippen MR) is 53.0 cm³/mol. The number of ether oxygens (including phenoxy) is 1. The van der Waals surface area contributed by atoms with E-state index in [0.717, 1.165) is 4.46 Å². The van der Waals surface area contributed by atoms with Gasteiger partial charge in [0.15, 0.2) is 0 Å². The van der Waals surface area contributed by atoms with Crippen molar-refractivity contribution in [3.63, 3.8) is 0 Å². The Hall–Kier alpha value is -1.05. The molecule has 1 aromatic rings. The van der Waals surface area contributed by atoms with E-state index in [4.69, 9.17) is 0 Å². The van der Waals surface area contributed by atoms with Gasteiger partial charge in [0.2, 0.25) is 0 Å². The topological polar surface area (TPSA) is 26.3 Å². The first-order valence-corrected chi connectivity index (χ1v) is 5.45. The number of methoxy groups -OCH3 is 1. The summed E-state index contributed by atoms with van der Waals surface area (Å²) in [5.74, 6) is -0.316. The zero-order valence-corrected chi connectivity index (χ0v) is 9.03. The molecule has 0 aliphatic heterocycles.